The molecule has 3 N–H and O–H groups in total. The number of carboxylic acid groups (broad SMARTS) is 1. The number of amides is 2. The molecule has 0 bridgehead atoms. The number of oxazole rings is 1. The average Bonchev–Trinajstić information content (AvgIpc) is 3.22. The number of hydrogen-bond acceptors (Lipinski definition) is 7. The number of nitrogens with two attached hydrogens (primary N) is 1. The number of primary amides is 1. The number of carboxylic acids is 1. The highest BCUT2D eigenvalue weighted by Gasteiger charge is 2.50. The zero-order valence-corrected chi connectivity index (χ0v) is 23.3. The van der Waals surface area contributed by atoms with Gasteiger partial charge < -0.3 is 24.7 Å². The number of rotatable bonds is 9. The van der Waals surface area contributed by atoms with Gasteiger partial charge in [0.05, 0.1) is 0 Å². The summed E-state index contributed by atoms with van der Waals surface area (Å²) in [5.41, 5.74) is 1.02. The fourth-order valence-corrected chi connectivity index (χ4v) is 3.96. The van der Waals surface area contributed by atoms with E-state index >= 15 is 4.39 Å². The van der Waals surface area contributed by atoms with E-state index in [1.807, 2.05) is 0 Å². The number of carbonyl (C=O) groups is 3. The second-order valence-electron chi connectivity index (χ2n) is 9.57. The largest absolute Gasteiger partial charge is 0.477 e. The summed E-state index contributed by atoms with van der Waals surface area (Å²) in [7, 11) is 1.06. The van der Waals surface area contributed by atoms with Crippen LogP contribution in [0.3, 0.4) is 0 Å². The van der Waals surface area contributed by atoms with Crippen LogP contribution in [-0.4, -0.2) is 51.3 Å². The van der Waals surface area contributed by atoms with Crippen molar-refractivity contribution in [2.45, 2.75) is 44.9 Å². The van der Waals surface area contributed by atoms with E-state index in [0.29, 0.717) is 21.6 Å². The van der Waals surface area contributed by atoms with E-state index in [9.17, 15) is 23.9 Å². The molecule has 0 aliphatic heterocycles. The number of benzene rings is 2. The minimum atomic E-state index is -2.67. The van der Waals surface area contributed by atoms with E-state index in [0.717, 1.165) is 13.1 Å². The molecule has 2 aromatic carbocycles. The monoisotopic (exact) mass is 599 g/mol. The van der Waals surface area contributed by atoms with Crippen LogP contribution < -0.4 is 10.5 Å². The standard InChI is InChI=1S/C26H25Cl2F2N3O7/c1-25(2,3)40-24(37)33(4)26(23(35)36,39-16-10-9-15(29)18(19(16)30)22(31)34)12-11-17-32-20(21(28)38-17)13-5-7-14(27)8-6-13/h5-10H,11-12H2,1-4H3,(H2,31,34)(H,35,36). The summed E-state index contributed by atoms with van der Waals surface area (Å²) in [6.07, 6.45) is -2.02. The second-order valence-corrected chi connectivity index (χ2v) is 10.3. The molecule has 40 heavy (non-hydrogen) atoms. The van der Waals surface area contributed by atoms with Gasteiger partial charge in [-0.15, -0.1) is 0 Å². The topological polar surface area (TPSA) is 145 Å². The Morgan fingerprint density at radius 1 is 1.10 bits per heavy atom. The highest BCUT2D eigenvalue weighted by atomic mass is 35.5. The van der Waals surface area contributed by atoms with E-state index < -0.39 is 58.7 Å². The van der Waals surface area contributed by atoms with Crippen molar-refractivity contribution in [3.8, 4) is 17.0 Å². The van der Waals surface area contributed by atoms with Crippen LogP contribution in [0.25, 0.3) is 11.3 Å². The van der Waals surface area contributed by atoms with Gasteiger partial charge in [-0.25, -0.2) is 23.4 Å². The second kappa shape index (κ2) is 11.7. The van der Waals surface area contributed by atoms with Gasteiger partial charge >= 0.3 is 12.1 Å². The van der Waals surface area contributed by atoms with Crippen LogP contribution in [0.15, 0.2) is 40.8 Å². The molecule has 0 spiro atoms. The molecule has 1 aromatic heterocycles. The van der Waals surface area contributed by atoms with E-state index in [4.69, 9.17) is 42.8 Å². The first-order valence-electron chi connectivity index (χ1n) is 11.6. The highest BCUT2D eigenvalue weighted by Crippen LogP contribution is 2.34. The minimum Gasteiger partial charge on any atom is -0.477 e. The quantitative estimate of drug-likeness (QED) is 0.298. The summed E-state index contributed by atoms with van der Waals surface area (Å²) in [6, 6.07) is 7.94. The number of hydrogen-bond donors (Lipinski definition) is 2. The number of aliphatic carboxylic acids is 1. The van der Waals surface area contributed by atoms with E-state index in [1.165, 1.54) is 0 Å². The molecule has 2 amide bonds. The van der Waals surface area contributed by atoms with Gasteiger partial charge in [0.1, 0.15) is 22.7 Å². The van der Waals surface area contributed by atoms with Crippen LogP contribution in [0.4, 0.5) is 13.6 Å². The number of nitrogens with zero attached hydrogens (tertiary/aromatic N) is 2. The maximum absolute atomic E-state index is 15.1. The van der Waals surface area contributed by atoms with E-state index in [2.05, 4.69) is 4.98 Å². The summed E-state index contributed by atoms with van der Waals surface area (Å²) in [6.45, 7) is 4.65. The Bertz CT molecular complexity index is 1440. The molecule has 1 heterocycles. The third-order valence-corrected chi connectivity index (χ3v) is 6.06. The number of aromatic nitrogens is 1. The van der Waals surface area contributed by atoms with Crippen molar-refractivity contribution in [2.24, 2.45) is 5.73 Å². The smallest absolute Gasteiger partial charge is 0.413 e. The molecule has 3 aromatic rings. The summed E-state index contributed by atoms with van der Waals surface area (Å²) < 4.78 is 45.5. The number of likely N-dealkylation sites (N-methyl/N-ethyl adjacent to an activating group) is 1. The predicted octanol–water partition coefficient (Wildman–Crippen LogP) is 5.68. The van der Waals surface area contributed by atoms with Crippen LogP contribution in [0.1, 0.15) is 43.4 Å². The third-order valence-electron chi connectivity index (χ3n) is 5.55. The van der Waals surface area contributed by atoms with E-state index in [-0.39, 0.29) is 23.2 Å². The fraction of sp³-hybridized carbons (Fsp3) is 0.308. The number of halogens is 4. The van der Waals surface area contributed by atoms with Crippen molar-refractivity contribution >= 4 is 41.2 Å². The Morgan fingerprint density at radius 2 is 1.73 bits per heavy atom. The van der Waals surface area contributed by atoms with Gasteiger partial charge in [0, 0.05) is 30.5 Å². The van der Waals surface area contributed by atoms with Gasteiger partial charge in [0.15, 0.2) is 17.5 Å². The predicted molar refractivity (Wildman–Crippen MR) is 140 cm³/mol. The molecular weight excluding hydrogens is 575 g/mol. The normalized spacial score (nSPS) is 12.9. The molecule has 214 valence electrons. The Kier molecular flexibility index (Phi) is 8.95. The lowest BCUT2D eigenvalue weighted by molar-refractivity contribution is -0.173. The molecule has 0 saturated heterocycles. The minimum absolute atomic E-state index is 0.0424. The van der Waals surface area contributed by atoms with Crippen molar-refractivity contribution in [3.63, 3.8) is 0 Å². The number of aryl methyl sites for hydroxylation is 1. The molecule has 0 aliphatic carbocycles. The summed E-state index contributed by atoms with van der Waals surface area (Å²) in [4.78, 5) is 42.2. The van der Waals surface area contributed by atoms with Gasteiger partial charge in [-0.1, -0.05) is 23.7 Å². The van der Waals surface area contributed by atoms with Gasteiger partial charge in [-0.2, -0.15) is 0 Å². The van der Waals surface area contributed by atoms with E-state index in [1.54, 1.807) is 45.0 Å². The zero-order valence-electron chi connectivity index (χ0n) is 21.8. The first kappa shape index (κ1) is 30.6. The highest BCUT2D eigenvalue weighted by molar-refractivity contribution is 6.31. The van der Waals surface area contributed by atoms with Gasteiger partial charge in [-0.05, 0) is 56.6 Å². The number of carbonyl (C=O) groups excluding carboxylic acids is 2. The van der Waals surface area contributed by atoms with Gasteiger partial charge in [0.2, 0.25) is 5.22 Å². The van der Waals surface area contributed by atoms with Gasteiger partial charge in [-0.3, -0.25) is 9.69 Å². The molecule has 1 atom stereocenters. The summed E-state index contributed by atoms with van der Waals surface area (Å²) in [5.74, 6) is -6.95. The first-order valence-corrected chi connectivity index (χ1v) is 12.4. The lowest BCUT2D eigenvalue weighted by atomic mass is 10.0. The first-order chi connectivity index (χ1) is 18.6. The Morgan fingerprint density at radius 3 is 2.27 bits per heavy atom. The Labute approximate surface area is 237 Å². The van der Waals surface area contributed by atoms with Crippen LogP contribution in [-0.2, 0) is 16.0 Å². The molecule has 0 radical (unpaired) electrons. The third kappa shape index (κ3) is 6.62. The van der Waals surface area contributed by atoms with Gasteiger partial charge in [0.25, 0.3) is 11.6 Å². The molecule has 0 saturated carbocycles. The van der Waals surface area contributed by atoms with Crippen LogP contribution in [0.2, 0.25) is 10.2 Å². The molecule has 3 rings (SSSR count). The fourth-order valence-electron chi connectivity index (χ4n) is 3.59. The maximum atomic E-state index is 15.1. The average molecular weight is 600 g/mol. The van der Waals surface area contributed by atoms with Crippen LogP contribution in [0, 0.1) is 11.6 Å². The van der Waals surface area contributed by atoms with Crippen LogP contribution >= 0.6 is 23.2 Å². The molecule has 14 heteroatoms. The molecule has 1 unspecified atom stereocenters. The Balaban J connectivity index is 2.05. The zero-order chi connectivity index (χ0) is 30.0. The van der Waals surface area contributed by atoms with Crippen molar-refractivity contribution in [1.82, 2.24) is 9.88 Å². The molecule has 0 fully saturated rings. The molecule has 0 aliphatic rings. The molecular formula is C26H25Cl2F2N3O7. The lowest BCUT2D eigenvalue weighted by Gasteiger charge is -2.38. The molecule has 10 nitrogen and oxygen atoms in total. The summed E-state index contributed by atoms with van der Waals surface area (Å²) >= 11 is 12.1. The maximum Gasteiger partial charge on any atom is 0.413 e. The SMILES string of the molecule is CN(C(=O)OC(C)(C)C)C(CCc1nc(-c2ccc(Cl)cc2)c(Cl)o1)(Oc1ccc(F)c(C(N)=O)c1F)C(=O)O. The summed E-state index contributed by atoms with van der Waals surface area (Å²) in [5, 5.41) is 10.7. The van der Waals surface area contributed by atoms with Crippen molar-refractivity contribution in [1.29, 1.82) is 0 Å². The Hall–Kier alpha value is -3.90. The van der Waals surface area contributed by atoms with Crippen molar-refractivity contribution < 1.29 is 42.2 Å². The van der Waals surface area contributed by atoms with Crippen LogP contribution in [0.5, 0.6) is 5.75 Å². The number of ether oxygens (including phenoxy) is 2. The van der Waals surface area contributed by atoms with Crippen molar-refractivity contribution in [2.75, 3.05) is 7.05 Å². The van der Waals surface area contributed by atoms with Crippen molar-refractivity contribution in [3.05, 3.63) is 69.7 Å². The lowest BCUT2D eigenvalue weighted by Crippen LogP contribution is -2.60.